The molecule has 1 aromatic heterocycles. The molecule has 1 aliphatic heterocycles. The number of nitrogens with two attached hydrogens (primary N) is 1. The van der Waals surface area contributed by atoms with Crippen molar-refractivity contribution in [3.63, 3.8) is 0 Å². The van der Waals surface area contributed by atoms with Crippen LogP contribution in [0.1, 0.15) is 50.3 Å². The van der Waals surface area contributed by atoms with Gasteiger partial charge in [-0.15, -0.1) is 0 Å². The number of aromatic nitrogens is 2. The summed E-state index contributed by atoms with van der Waals surface area (Å²) in [5.41, 5.74) is 11.2. The smallest absolute Gasteiger partial charge is 0.449 e. The first-order chi connectivity index (χ1) is 17.6. The first-order valence-electron chi connectivity index (χ1n) is 12.5. The number of amides is 1. The minimum absolute atomic E-state index is 0.00792. The number of anilines is 1. The van der Waals surface area contributed by atoms with E-state index in [9.17, 15) is 4.79 Å². The maximum Gasteiger partial charge on any atom is 0.492 e. The number of nitrogens with zero attached hydrogens (tertiary/aromatic N) is 2. The van der Waals surface area contributed by atoms with E-state index in [2.05, 4.69) is 34.7 Å². The van der Waals surface area contributed by atoms with Gasteiger partial charge in [0.1, 0.15) is 6.61 Å². The molecule has 0 atom stereocenters. The SMILES string of the molecule is Cn1cc(C=C(CNC(=O)OCC2c3ccccc3-c3ccccc32)B2OC(C)(C)C(C)(C)O2)c(N)n1. The van der Waals surface area contributed by atoms with Crippen LogP contribution in [0.25, 0.3) is 17.2 Å². The van der Waals surface area contributed by atoms with Gasteiger partial charge in [0.15, 0.2) is 5.82 Å². The van der Waals surface area contributed by atoms with Gasteiger partial charge in [-0.2, -0.15) is 5.10 Å². The zero-order valence-corrected chi connectivity index (χ0v) is 21.9. The summed E-state index contributed by atoms with van der Waals surface area (Å²) in [6.07, 6.45) is 3.16. The average molecular weight is 500 g/mol. The van der Waals surface area contributed by atoms with Crippen molar-refractivity contribution in [3.05, 3.63) is 76.9 Å². The first kappa shape index (κ1) is 25.1. The number of ether oxygens (including phenoxy) is 1. The van der Waals surface area contributed by atoms with Crippen LogP contribution in [-0.4, -0.2) is 47.3 Å². The van der Waals surface area contributed by atoms with E-state index < -0.39 is 24.4 Å². The van der Waals surface area contributed by atoms with Crippen molar-refractivity contribution < 1.29 is 18.8 Å². The second kappa shape index (κ2) is 9.39. The van der Waals surface area contributed by atoms with Gasteiger partial charge in [0, 0.05) is 31.3 Å². The highest BCUT2D eigenvalue weighted by molar-refractivity contribution is 6.56. The molecule has 0 bridgehead atoms. The van der Waals surface area contributed by atoms with Gasteiger partial charge in [0.2, 0.25) is 0 Å². The zero-order valence-electron chi connectivity index (χ0n) is 21.9. The lowest BCUT2D eigenvalue weighted by Crippen LogP contribution is -2.41. The van der Waals surface area contributed by atoms with Crippen LogP contribution in [0.15, 0.2) is 60.2 Å². The van der Waals surface area contributed by atoms with Gasteiger partial charge in [-0.25, -0.2) is 4.79 Å². The summed E-state index contributed by atoms with van der Waals surface area (Å²) < 4.78 is 19.8. The quantitative estimate of drug-likeness (QED) is 0.482. The lowest BCUT2D eigenvalue weighted by Gasteiger charge is -2.32. The molecule has 1 saturated heterocycles. The molecule has 9 heteroatoms. The Morgan fingerprint density at radius 1 is 1.08 bits per heavy atom. The Morgan fingerprint density at radius 3 is 2.19 bits per heavy atom. The third-order valence-corrected chi connectivity index (χ3v) is 7.56. The Kier molecular flexibility index (Phi) is 6.37. The van der Waals surface area contributed by atoms with E-state index in [0.29, 0.717) is 11.3 Å². The number of alkyl carbamates (subject to hydrolysis) is 1. The Morgan fingerprint density at radius 2 is 1.65 bits per heavy atom. The minimum Gasteiger partial charge on any atom is -0.449 e. The molecular formula is C28H33BN4O4. The van der Waals surface area contributed by atoms with Crippen LogP contribution in [0, 0.1) is 0 Å². The molecule has 3 N–H and O–H groups in total. The van der Waals surface area contributed by atoms with Crippen LogP contribution in [0.4, 0.5) is 10.6 Å². The Bertz CT molecular complexity index is 1300. The van der Waals surface area contributed by atoms with Crippen molar-refractivity contribution in [2.24, 2.45) is 7.05 Å². The summed E-state index contributed by atoms with van der Waals surface area (Å²) in [4.78, 5) is 12.8. The van der Waals surface area contributed by atoms with E-state index in [-0.39, 0.29) is 19.1 Å². The normalized spacial score (nSPS) is 18.0. The number of aryl methyl sites for hydroxylation is 1. The molecule has 37 heavy (non-hydrogen) atoms. The lowest BCUT2D eigenvalue weighted by atomic mass is 9.77. The number of hydrogen-bond acceptors (Lipinski definition) is 6. The summed E-state index contributed by atoms with van der Waals surface area (Å²) in [6, 6.07) is 16.5. The molecule has 1 amide bonds. The van der Waals surface area contributed by atoms with Gasteiger partial charge in [-0.05, 0) is 55.4 Å². The van der Waals surface area contributed by atoms with E-state index >= 15 is 0 Å². The number of fused-ring (bicyclic) bond motifs is 3. The van der Waals surface area contributed by atoms with E-state index in [1.807, 2.05) is 64.2 Å². The number of benzene rings is 2. The molecule has 5 rings (SSSR count). The molecule has 0 radical (unpaired) electrons. The largest absolute Gasteiger partial charge is 0.492 e. The van der Waals surface area contributed by atoms with Crippen molar-refractivity contribution in [1.82, 2.24) is 15.1 Å². The van der Waals surface area contributed by atoms with Gasteiger partial charge < -0.3 is 25.1 Å². The third-order valence-electron chi connectivity index (χ3n) is 7.56. The summed E-state index contributed by atoms with van der Waals surface area (Å²) >= 11 is 0. The van der Waals surface area contributed by atoms with Crippen molar-refractivity contribution in [1.29, 1.82) is 0 Å². The van der Waals surface area contributed by atoms with Gasteiger partial charge in [0.25, 0.3) is 0 Å². The Hall–Kier alpha value is -3.56. The summed E-state index contributed by atoms with van der Waals surface area (Å²) in [5, 5.41) is 7.09. The molecule has 1 aliphatic carbocycles. The zero-order chi connectivity index (χ0) is 26.4. The molecular weight excluding hydrogens is 467 g/mol. The standard InChI is InChI=1S/C28H33BN4O4/c1-27(2)28(3,4)37-29(36-27)19(14-18-16-33(5)32-25(18)30)15-31-26(34)35-17-24-22-12-8-6-10-20(22)21-11-7-9-13-23(21)24/h6-14,16,24H,15,17H2,1-5H3,(H2,30,32)(H,31,34). The van der Waals surface area contributed by atoms with Crippen molar-refractivity contribution >= 4 is 25.1 Å². The number of nitrogen functional groups attached to an aromatic ring is 1. The molecule has 0 spiro atoms. The van der Waals surface area contributed by atoms with Crippen LogP contribution < -0.4 is 11.1 Å². The van der Waals surface area contributed by atoms with E-state index in [0.717, 1.165) is 5.56 Å². The molecule has 1 fully saturated rings. The molecule has 8 nitrogen and oxygen atoms in total. The predicted molar refractivity (Wildman–Crippen MR) is 145 cm³/mol. The van der Waals surface area contributed by atoms with Crippen LogP contribution in [-0.2, 0) is 21.1 Å². The number of rotatable bonds is 6. The van der Waals surface area contributed by atoms with Gasteiger partial charge in [-0.1, -0.05) is 54.6 Å². The van der Waals surface area contributed by atoms with Crippen LogP contribution in [0.2, 0.25) is 0 Å². The Balaban J connectivity index is 1.30. The van der Waals surface area contributed by atoms with Crippen LogP contribution >= 0.6 is 0 Å². The third kappa shape index (κ3) is 4.76. The van der Waals surface area contributed by atoms with Gasteiger partial charge in [-0.3, -0.25) is 4.68 Å². The summed E-state index contributed by atoms with van der Waals surface area (Å²) in [7, 11) is 1.15. The Labute approximate surface area is 217 Å². The predicted octanol–water partition coefficient (Wildman–Crippen LogP) is 4.56. The monoisotopic (exact) mass is 500 g/mol. The van der Waals surface area contributed by atoms with Crippen molar-refractivity contribution in [2.75, 3.05) is 18.9 Å². The van der Waals surface area contributed by atoms with Crippen molar-refractivity contribution in [3.8, 4) is 11.1 Å². The molecule has 3 aromatic rings. The highest BCUT2D eigenvalue weighted by Crippen LogP contribution is 2.44. The molecule has 0 saturated carbocycles. The summed E-state index contributed by atoms with van der Waals surface area (Å²) in [6.45, 7) is 8.36. The van der Waals surface area contributed by atoms with Gasteiger partial charge in [0.05, 0.1) is 11.2 Å². The van der Waals surface area contributed by atoms with E-state index in [1.54, 1.807) is 11.7 Å². The van der Waals surface area contributed by atoms with Crippen LogP contribution in [0.5, 0.6) is 0 Å². The van der Waals surface area contributed by atoms with Crippen LogP contribution in [0.3, 0.4) is 0 Å². The topological polar surface area (TPSA) is 101 Å². The number of nitrogens with one attached hydrogen (secondary N) is 1. The molecule has 2 heterocycles. The second-order valence-corrected chi connectivity index (χ2v) is 10.6. The average Bonchev–Trinajstić information content (AvgIpc) is 3.42. The van der Waals surface area contributed by atoms with Gasteiger partial charge >= 0.3 is 13.2 Å². The second-order valence-electron chi connectivity index (χ2n) is 10.6. The minimum atomic E-state index is -0.654. The fourth-order valence-corrected chi connectivity index (χ4v) is 4.86. The maximum atomic E-state index is 12.8. The lowest BCUT2D eigenvalue weighted by molar-refractivity contribution is 0.00578. The molecule has 192 valence electrons. The van der Waals surface area contributed by atoms with E-state index in [4.69, 9.17) is 19.8 Å². The molecule has 0 unspecified atom stereocenters. The maximum absolute atomic E-state index is 12.8. The summed E-state index contributed by atoms with van der Waals surface area (Å²) in [5.74, 6) is 0.379. The van der Waals surface area contributed by atoms with E-state index in [1.165, 1.54) is 22.3 Å². The fraction of sp³-hybridized carbons (Fsp3) is 0.357. The number of hydrogen-bond donors (Lipinski definition) is 2. The first-order valence-corrected chi connectivity index (χ1v) is 12.5. The van der Waals surface area contributed by atoms with Crippen molar-refractivity contribution in [2.45, 2.75) is 44.8 Å². The molecule has 2 aromatic carbocycles. The fourth-order valence-electron chi connectivity index (χ4n) is 4.86. The number of carbonyl (C=O) groups excluding carboxylic acids is 1. The number of carbonyl (C=O) groups is 1. The molecule has 2 aliphatic rings. The highest BCUT2D eigenvalue weighted by Gasteiger charge is 2.52. The highest BCUT2D eigenvalue weighted by atomic mass is 16.7.